The zero-order chi connectivity index (χ0) is 22.7. The quantitative estimate of drug-likeness (QED) is 0.489. The predicted molar refractivity (Wildman–Crippen MR) is 121 cm³/mol. The highest BCUT2D eigenvalue weighted by atomic mass is 16.2. The van der Waals surface area contributed by atoms with Crippen molar-refractivity contribution >= 4 is 28.7 Å². The molecular weight excluding hydrogens is 408 g/mol. The number of carbonyl (C=O) groups is 2. The van der Waals surface area contributed by atoms with Gasteiger partial charge in [0, 0.05) is 23.9 Å². The Labute approximate surface area is 183 Å². The highest BCUT2D eigenvalue weighted by Gasteiger charge is 2.13. The van der Waals surface area contributed by atoms with Crippen molar-refractivity contribution in [1.29, 1.82) is 0 Å². The highest BCUT2D eigenvalue weighted by molar-refractivity contribution is 5.93. The normalized spacial score (nSPS) is 10.8. The van der Waals surface area contributed by atoms with E-state index in [-0.39, 0.29) is 12.5 Å². The first-order valence-corrected chi connectivity index (χ1v) is 10.2. The van der Waals surface area contributed by atoms with Crippen LogP contribution in [-0.2, 0) is 22.6 Å². The Balaban J connectivity index is 1.53. The van der Waals surface area contributed by atoms with E-state index in [2.05, 4.69) is 27.8 Å². The van der Waals surface area contributed by atoms with E-state index in [4.69, 9.17) is 0 Å². The molecule has 0 aliphatic carbocycles. The van der Waals surface area contributed by atoms with Crippen LogP contribution in [-0.4, -0.2) is 31.2 Å². The van der Waals surface area contributed by atoms with Crippen LogP contribution >= 0.6 is 0 Å². The van der Waals surface area contributed by atoms with E-state index in [1.54, 1.807) is 30.3 Å². The Morgan fingerprint density at radius 2 is 1.72 bits per heavy atom. The zero-order valence-corrected chi connectivity index (χ0v) is 17.7. The largest absolute Gasteiger partial charge is 0.326 e. The second-order valence-corrected chi connectivity index (χ2v) is 7.31. The Kier molecular flexibility index (Phi) is 5.80. The van der Waals surface area contributed by atoms with Crippen LogP contribution in [0.1, 0.15) is 19.4 Å². The Morgan fingerprint density at radius 1 is 1.00 bits per heavy atom. The average molecular weight is 430 g/mol. The minimum absolute atomic E-state index is 0.209. The number of rotatable bonds is 6. The Bertz CT molecular complexity index is 1350. The number of fused-ring (bicyclic) bond motifs is 1. The molecule has 2 aromatic heterocycles. The number of nitrogens with zero attached hydrogens (tertiary/aromatic N) is 4. The molecular formula is C23H22N6O3. The molecule has 4 aromatic rings. The van der Waals surface area contributed by atoms with Crippen molar-refractivity contribution < 1.29 is 9.59 Å². The van der Waals surface area contributed by atoms with Crippen molar-refractivity contribution in [3.05, 3.63) is 76.8 Å². The fourth-order valence-corrected chi connectivity index (χ4v) is 3.32. The summed E-state index contributed by atoms with van der Waals surface area (Å²) in [6.07, 6.45) is 2.35. The van der Waals surface area contributed by atoms with Crippen molar-refractivity contribution in [2.24, 2.45) is 0 Å². The van der Waals surface area contributed by atoms with Gasteiger partial charge >= 0.3 is 0 Å². The molecule has 2 N–H and O–H groups in total. The van der Waals surface area contributed by atoms with Gasteiger partial charge in [-0.05, 0) is 36.2 Å². The third-order valence-electron chi connectivity index (χ3n) is 4.91. The van der Waals surface area contributed by atoms with E-state index in [1.165, 1.54) is 23.3 Å². The number of aromatic nitrogens is 4. The minimum atomic E-state index is -0.418. The highest BCUT2D eigenvalue weighted by Crippen LogP contribution is 2.19. The van der Waals surface area contributed by atoms with E-state index >= 15 is 0 Å². The van der Waals surface area contributed by atoms with E-state index in [0.29, 0.717) is 22.6 Å². The van der Waals surface area contributed by atoms with Gasteiger partial charge in [-0.15, -0.1) is 0 Å². The third-order valence-corrected chi connectivity index (χ3v) is 4.91. The van der Waals surface area contributed by atoms with E-state index in [0.717, 1.165) is 16.7 Å². The van der Waals surface area contributed by atoms with Gasteiger partial charge in [0.15, 0.2) is 0 Å². The summed E-state index contributed by atoms with van der Waals surface area (Å²) in [5, 5.41) is 13.9. The molecule has 0 radical (unpaired) electrons. The molecule has 0 saturated carbocycles. The van der Waals surface area contributed by atoms with Crippen LogP contribution in [0.15, 0.2) is 65.7 Å². The summed E-state index contributed by atoms with van der Waals surface area (Å²) in [5.41, 5.74) is 3.74. The Hall–Kier alpha value is -4.27. The van der Waals surface area contributed by atoms with Gasteiger partial charge in [-0.1, -0.05) is 37.3 Å². The first-order valence-electron chi connectivity index (χ1n) is 10.2. The predicted octanol–water partition coefficient (Wildman–Crippen LogP) is 2.72. The summed E-state index contributed by atoms with van der Waals surface area (Å²) in [5.74, 6) is -0.627. The van der Waals surface area contributed by atoms with Crippen molar-refractivity contribution in [3.8, 4) is 11.3 Å². The first-order chi connectivity index (χ1) is 15.4. The summed E-state index contributed by atoms with van der Waals surface area (Å²) in [6, 6.07) is 16.4. The SMILES string of the molecule is CCc1ccc(-c2cc3c(=O)n(CC(=O)Nc4cccc(NC(C)=O)c4)ncn3n2)cc1. The fourth-order valence-electron chi connectivity index (χ4n) is 3.32. The lowest BCUT2D eigenvalue weighted by molar-refractivity contribution is -0.117. The van der Waals surface area contributed by atoms with Gasteiger partial charge in [-0.25, -0.2) is 9.20 Å². The maximum atomic E-state index is 12.8. The topological polar surface area (TPSA) is 110 Å². The fraction of sp³-hybridized carbons (Fsp3) is 0.174. The number of amides is 2. The molecule has 9 nitrogen and oxygen atoms in total. The Morgan fingerprint density at radius 3 is 2.41 bits per heavy atom. The number of anilines is 2. The van der Waals surface area contributed by atoms with Crippen molar-refractivity contribution in [1.82, 2.24) is 19.4 Å². The number of hydrogen-bond acceptors (Lipinski definition) is 5. The maximum absolute atomic E-state index is 12.8. The molecule has 9 heteroatoms. The molecule has 162 valence electrons. The zero-order valence-electron chi connectivity index (χ0n) is 17.7. The van der Waals surface area contributed by atoms with Gasteiger partial charge in [0.05, 0.1) is 5.69 Å². The molecule has 2 heterocycles. The molecule has 0 fully saturated rings. The molecule has 4 rings (SSSR count). The summed E-state index contributed by atoms with van der Waals surface area (Å²) < 4.78 is 2.50. The second-order valence-electron chi connectivity index (χ2n) is 7.31. The molecule has 0 spiro atoms. The summed E-state index contributed by atoms with van der Waals surface area (Å²) in [6.45, 7) is 3.23. The number of aryl methyl sites for hydroxylation is 1. The molecule has 0 bridgehead atoms. The van der Waals surface area contributed by atoms with Crippen LogP contribution < -0.4 is 16.2 Å². The average Bonchev–Trinajstić information content (AvgIpc) is 3.21. The smallest absolute Gasteiger partial charge is 0.293 e. The van der Waals surface area contributed by atoms with Gasteiger partial charge in [0.1, 0.15) is 18.4 Å². The molecule has 2 aromatic carbocycles. The van der Waals surface area contributed by atoms with Gasteiger partial charge < -0.3 is 10.6 Å². The van der Waals surface area contributed by atoms with Crippen LogP contribution in [0.2, 0.25) is 0 Å². The molecule has 32 heavy (non-hydrogen) atoms. The standard InChI is InChI=1S/C23H22N6O3/c1-3-16-7-9-17(10-8-16)20-12-21-23(32)28(24-14-29(21)27-20)13-22(31)26-19-6-4-5-18(11-19)25-15(2)30/h4-12,14H,3,13H2,1-2H3,(H,25,30)(H,26,31). The maximum Gasteiger partial charge on any atom is 0.293 e. The first kappa shape index (κ1) is 21.0. The lowest BCUT2D eigenvalue weighted by Gasteiger charge is -2.08. The van der Waals surface area contributed by atoms with Gasteiger partial charge in [0.25, 0.3) is 5.56 Å². The lowest BCUT2D eigenvalue weighted by Crippen LogP contribution is -2.30. The summed E-state index contributed by atoms with van der Waals surface area (Å²) >= 11 is 0. The molecule has 0 saturated heterocycles. The van der Waals surface area contributed by atoms with Crippen molar-refractivity contribution in [2.45, 2.75) is 26.8 Å². The lowest BCUT2D eigenvalue weighted by atomic mass is 10.1. The summed E-state index contributed by atoms with van der Waals surface area (Å²) in [7, 11) is 0. The molecule has 0 unspecified atom stereocenters. The third kappa shape index (κ3) is 4.56. The summed E-state index contributed by atoms with van der Waals surface area (Å²) in [4.78, 5) is 36.5. The van der Waals surface area contributed by atoms with Gasteiger partial charge in [0.2, 0.25) is 11.8 Å². The van der Waals surface area contributed by atoms with Gasteiger partial charge in [-0.2, -0.15) is 10.2 Å². The minimum Gasteiger partial charge on any atom is -0.326 e. The number of carbonyl (C=O) groups excluding carboxylic acids is 2. The van der Waals surface area contributed by atoms with Crippen molar-refractivity contribution in [2.75, 3.05) is 10.6 Å². The van der Waals surface area contributed by atoms with E-state index in [1.807, 2.05) is 24.3 Å². The monoisotopic (exact) mass is 430 g/mol. The van der Waals surface area contributed by atoms with E-state index in [9.17, 15) is 14.4 Å². The van der Waals surface area contributed by atoms with E-state index < -0.39 is 11.5 Å². The van der Waals surface area contributed by atoms with Crippen LogP contribution in [0.25, 0.3) is 16.8 Å². The molecule has 2 amide bonds. The van der Waals surface area contributed by atoms with Crippen LogP contribution in [0, 0.1) is 0 Å². The molecule has 0 aliphatic heterocycles. The molecule has 0 aliphatic rings. The molecule has 0 atom stereocenters. The number of benzene rings is 2. The van der Waals surface area contributed by atoms with Crippen LogP contribution in [0.5, 0.6) is 0 Å². The van der Waals surface area contributed by atoms with Crippen LogP contribution in [0.3, 0.4) is 0 Å². The van der Waals surface area contributed by atoms with Crippen LogP contribution in [0.4, 0.5) is 11.4 Å². The number of hydrogen-bond donors (Lipinski definition) is 2. The van der Waals surface area contributed by atoms with Crippen molar-refractivity contribution in [3.63, 3.8) is 0 Å². The second kappa shape index (κ2) is 8.84. The number of nitrogens with one attached hydrogen (secondary N) is 2. The van der Waals surface area contributed by atoms with Gasteiger partial charge in [-0.3, -0.25) is 14.4 Å².